The van der Waals surface area contributed by atoms with Crippen molar-refractivity contribution in [3.63, 3.8) is 0 Å². The quantitative estimate of drug-likeness (QED) is 0.817. The normalized spacial score (nSPS) is 16.2. The lowest BCUT2D eigenvalue weighted by Gasteiger charge is -2.19. The molecule has 94 valence electrons. The summed E-state index contributed by atoms with van der Waals surface area (Å²) in [6.07, 6.45) is -0.0182. The maximum atomic E-state index is 11.2. The van der Waals surface area contributed by atoms with Crippen molar-refractivity contribution >= 4 is 17.7 Å². The number of benzene rings is 1. The Bertz CT molecular complexity index is 351. The summed E-state index contributed by atoms with van der Waals surface area (Å²) >= 11 is 1.31. The maximum absolute atomic E-state index is 11.2. The van der Waals surface area contributed by atoms with E-state index < -0.39 is 17.3 Å². The number of thioether (sulfide) groups is 1. The summed E-state index contributed by atoms with van der Waals surface area (Å²) in [5, 5.41) is 18.0. The Morgan fingerprint density at radius 3 is 2.35 bits per heavy atom. The number of carboxylic acids is 1. The van der Waals surface area contributed by atoms with Crippen LogP contribution < -0.4 is 0 Å². The van der Waals surface area contributed by atoms with E-state index in [1.165, 1.54) is 11.8 Å². The molecule has 3 nitrogen and oxygen atoms in total. The Balaban J connectivity index is 2.64. The van der Waals surface area contributed by atoms with E-state index in [1.54, 1.807) is 6.92 Å². The molecule has 0 amide bonds. The number of hydrogen-bond acceptors (Lipinski definition) is 3. The van der Waals surface area contributed by atoms with Crippen molar-refractivity contribution in [2.75, 3.05) is 0 Å². The van der Waals surface area contributed by atoms with Gasteiger partial charge in [0.2, 0.25) is 0 Å². The smallest absolute Gasteiger partial charge is 0.316 e. The Morgan fingerprint density at radius 1 is 1.29 bits per heavy atom. The highest BCUT2D eigenvalue weighted by Gasteiger charge is 2.23. The van der Waals surface area contributed by atoms with E-state index in [4.69, 9.17) is 5.11 Å². The van der Waals surface area contributed by atoms with Crippen molar-refractivity contribution in [2.24, 2.45) is 0 Å². The minimum absolute atomic E-state index is 0.0835. The molecular formula is C13H18O3S. The number of aliphatic hydroxyl groups is 1. The van der Waals surface area contributed by atoms with Crippen molar-refractivity contribution in [3.05, 3.63) is 35.9 Å². The molecule has 0 spiro atoms. The van der Waals surface area contributed by atoms with Crippen LogP contribution in [0.5, 0.6) is 0 Å². The van der Waals surface area contributed by atoms with E-state index in [9.17, 15) is 9.90 Å². The van der Waals surface area contributed by atoms with Crippen LogP contribution in [0.4, 0.5) is 0 Å². The standard InChI is InChI=1S/C13H18O3S/c1-9(14)10(2)17-12(13(15)16)8-11-6-4-3-5-7-11/h3-7,9-10,12,14H,8H2,1-2H3,(H,15,16). The molecule has 0 bridgehead atoms. The Kier molecular flexibility index (Phi) is 5.51. The average Bonchev–Trinajstić information content (AvgIpc) is 2.29. The number of carbonyl (C=O) groups is 1. The third-order valence-corrected chi connectivity index (χ3v) is 4.12. The molecule has 1 aromatic carbocycles. The van der Waals surface area contributed by atoms with Crippen molar-refractivity contribution in [3.8, 4) is 0 Å². The minimum Gasteiger partial charge on any atom is -0.480 e. The summed E-state index contributed by atoms with van der Waals surface area (Å²) in [7, 11) is 0. The van der Waals surface area contributed by atoms with Gasteiger partial charge in [0.25, 0.3) is 0 Å². The molecule has 3 unspecified atom stereocenters. The van der Waals surface area contributed by atoms with Gasteiger partial charge in [0, 0.05) is 5.25 Å². The summed E-state index contributed by atoms with van der Waals surface area (Å²) in [5.41, 5.74) is 1.00. The van der Waals surface area contributed by atoms with Crippen molar-refractivity contribution in [1.29, 1.82) is 0 Å². The maximum Gasteiger partial charge on any atom is 0.316 e. The monoisotopic (exact) mass is 254 g/mol. The molecular weight excluding hydrogens is 236 g/mol. The van der Waals surface area contributed by atoms with Gasteiger partial charge in [-0.1, -0.05) is 37.3 Å². The lowest BCUT2D eigenvalue weighted by Crippen LogP contribution is -2.26. The zero-order valence-corrected chi connectivity index (χ0v) is 10.9. The van der Waals surface area contributed by atoms with Gasteiger partial charge < -0.3 is 10.2 Å². The van der Waals surface area contributed by atoms with E-state index in [1.807, 2.05) is 37.3 Å². The van der Waals surface area contributed by atoms with Crippen molar-refractivity contribution < 1.29 is 15.0 Å². The molecule has 1 rings (SSSR count). The van der Waals surface area contributed by atoms with E-state index >= 15 is 0 Å². The van der Waals surface area contributed by atoms with E-state index in [0.29, 0.717) is 6.42 Å². The van der Waals surface area contributed by atoms with Gasteiger partial charge in [-0.25, -0.2) is 0 Å². The Labute approximate surface area is 106 Å². The molecule has 0 radical (unpaired) electrons. The summed E-state index contributed by atoms with van der Waals surface area (Å²) in [5.74, 6) is -0.827. The number of carboxylic acid groups (broad SMARTS) is 1. The lowest BCUT2D eigenvalue weighted by molar-refractivity contribution is -0.136. The van der Waals surface area contributed by atoms with Gasteiger partial charge in [-0.2, -0.15) is 0 Å². The fourth-order valence-corrected chi connectivity index (χ4v) is 2.55. The second-order valence-electron chi connectivity index (χ2n) is 4.10. The van der Waals surface area contributed by atoms with Crippen LogP contribution in [0.2, 0.25) is 0 Å². The minimum atomic E-state index is -0.827. The van der Waals surface area contributed by atoms with Crippen LogP contribution in [0.25, 0.3) is 0 Å². The van der Waals surface area contributed by atoms with Crippen LogP contribution >= 0.6 is 11.8 Å². The van der Waals surface area contributed by atoms with Gasteiger partial charge in [0.05, 0.1) is 6.10 Å². The van der Waals surface area contributed by atoms with Gasteiger partial charge >= 0.3 is 5.97 Å². The molecule has 0 saturated carbocycles. The van der Waals surface area contributed by atoms with Crippen molar-refractivity contribution in [2.45, 2.75) is 36.9 Å². The molecule has 0 aliphatic heterocycles. The SMILES string of the molecule is CC(O)C(C)SC(Cc1ccccc1)C(=O)O. The van der Waals surface area contributed by atoms with Crippen LogP contribution in [0.15, 0.2) is 30.3 Å². The second-order valence-corrected chi connectivity index (χ2v) is 5.68. The Hall–Kier alpha value is -1.00. The molecule has 0 heterocycles. The highest BCUT2D eigenvalue weighted by atomic mass is 32.2. The van der Waals surface area contributed by atoms with E-state index in [0.717, 1.165) is 5.56 Å². The molecule has 2 N–H and O–H groups in total. The van der Waals surface area contributed by atoms with Gasteiger partial charge in [-0.15, -0.1) is 11.8 Å². The van der Waals surface area contributed by atoms with Gasteiger partial charge in [-0.05, 0) is 18.9 Å². The zero-order valence-electron chi connectivity index (χ0n) is 10.0. The highest BCUT2D eigenvalue weighted by molar-refractivity contribution is 8.01. The van der Waals surface area contributed by atoms with Crippen LogP contribution in [0, 0.1) is 0 Å². The van der Waals surface area contributed by atoms with Crippen LogP contribution in [-0.4, -0.2) is 32.8 Å². The van der Waals surface area contributed by atoms with Crippen LogP contribution in [0.3, 0.4) is 0 Å². The van der Waals surface area contributed by atoms with E-state index in [2.05, 4.69) is 0 Å². The summed E-state index contributed by atoms with van der Waals surface area (Å²) in [4.78, 5) is 11.2. The third kappa shape index (κ3) is 4.79. The number of rotatable bonds is 6. The first kappa shape index (κ1) is 14.1. The third-order valence-electron chi connectivity index (χ3n) is 2.60. The fraction of sp³-hybridized carbons (Fsp3) is 0.462. The Morgan fingerprint density at radius 2 is 1.88 bits per heavy atom. The van der Waals surface area contributed by atoms with Gasteiger partial charge in [0.15, 0.2) is 0 Å². The molecule has 0 aliphatic rings. The van der Waals surface area contributed by atoms with Gasteiger partial charge in [0.1, 0.15) is 5.25 Å². The molecule has 17 heavy (non-hydrogen) atoms. The fourth-order valence-electron chi connectivity index (χ4n) is 1.39. The summed E-state index contributed by atoms with van der Waals surface area (Å²) in [6, 6.07) is 9.55. The average molecular weight is 254 g/mol. The number of hydrogen-bond donors (Lipinski definition) is 2. The summed E-state index contributed by atoms with van der Waals surface area (Å²) < 4.78 is 0. The van der Waals surface area contributed by atoms with Crippen LogP contribution in [-0.2, 0) is 11.2 Å². The predicted molar refractivity (Wildman–Crippen MR) is 70.3 cm³/mol. The molecule has 0 saturated heterocycles. The molecule has 0 aromatic heterocycles. The second kappa shape index (κ2) is 6.67. The first-order valence-corrected chi connectivity index (χ1v) is 6.55. The molecule has 0 fully saturated rings. The number of aliphatic hydroxyl groups excluding tert-OH is 1. The van der Waals surface area contributed by atoms with Gasteiger partial charge in [-0.3, -0.25) is 4.79 Å². The zero-order chi connectivity index (χ0) is 12.8. The molecule has 4 heteroatoms. The van der Waals surface area contributed by atoms with E-state index in [-0.39, 0.29) is 5.25 Å². The molecule has 1 aromatic rings. The highest BCUT2D eigenvalue weighted by Crippen LogP contribution is 2.23. The summed E-state index contributed by atoms with van der Waals surface area (Å²) in [6.45, 7) is 3.52. The molecule has 3 atom stereocenters. The largest absolute Gasteiger partial charge is 0.480 e. The van der Waals surface area contributed by atoms with Crippen LogP contribution in [0.1, 0.15) is 19.4 Å². The molecule has 0 aliphatic carbocycles. The van der Waals surface area contributed by atoms with Crippen molar-refractivity contribution in [1.82, 2.24) is 0 Å². The predicted octanol–water partition coefficient (Wildman–Crippen LogP) is 2.18. The first-order chi connectivity index (χ1) is 8.00. The lowest BCUT2D eigenvalue weighted by atomic mass is 10.1. The topological polar surface area (TPSA) is 57.5 Å². The number of aliphatic carboxylic acids is 1. The first-order valence-electron chi connectivity index (χ1n) is 5.61.